The highest BCUT2D eigenvalue weighted by atomic mass is 32.1. The number of guanidine groups is 1. The number of piperidine rings is 1. The van der Waals surface area contributed by atoms with E-state index < -0.39 is 0 Å². The predicted octanol–water partition coefficient (Wildman–Crippen LogP) is 4.30. The minimum absolute atomic E-state index is 0.0663. The Labute approximate surface area is 177 Å². The molecule has 2 aromatic rings. The van der Waals surface area contributed by atoms with Gasteiger partial charge in [0, 0.05) is 42.2 Å². The van der Waals surface area contributed by atoms with E-state index in [1.807, 2.05) is 6.07 Å². The maximum Gasteiger partial charge on any atom is 0.191 e. The zero-order valence-electron chi connectivity index (χ0n) is 17.8. The zero-order chi connectivity index (χ0) is 20.9. The first-order valence-corrected chi connectivity index (χ1v) is 11.2. The number of aromatic nitrogens is 1. The Morgan fingerprint density at radius 2 is 2.07 bits per heavy atom. The van der Waals surface area contributed by atoms with Crippen LogP contribution < -0.4 is 15.5 Å². The highest BCUT2D eigenvalue weighted by Gasteiger charge is 2.21. The van der Waals surface area contributed by atoms with Gasteiger partial charge in [0.05, 0.1) is 12.2 Å². The molecule has 1 fully saturated rings. The standard InChI is InChI=1S/C22H32FN5S/c1-5-24-21(25-14-20-27-19(15-29-20)22(2,3)4)26-17-9-11-28(12-10-17)18-8-6-7-16(23)13-18/h6-8,13,15,17H,5,9-12,14H2,1-4H3,(H2,24,25,26). The predicted molar refractivity (Wildman–Crippen MR) is 120 cm³/mol. The largest absolute Gasteiger partial charge is 0.371 e. The highest BCUT2D eigenvalue weighted by Crippen LogP contribution is 2.24. The van der Waals surface area contributed by atoms with Crippen molar-refractivity contribution in [2.45, 2.75) is 58.5 Å². The number of halogens is 1. The fraction of sp³-hybridized carbons (Fsp3) is 0.545. The van der Waals surface area contributed by atoms with Crippen LogP contribution in [0.3, 0.4) is 0 Å². The van der Waals surface area contributed by atoms with Gasteiger partial charge in [-0.15, -0.1) is 11.3 Å². The first-order valence-electron chi connectivity index (χ1n) is 10.4. The molecule has 1 aliphatic rings. The Hall–Kier alpha value is -2.15. The Bertz CT molecular complexity index is 819. The number of nitrogens with one attached hydrogen (secondary N) is 2. The van der Waals surface area contributed by atoms with Gasteiger partial charge in [-0.2, -0.15) is 0 Å². The molecule has 29 heavy (non-hydrogen) atoms. The second-order valence-corrected chi connectivity index (χ2v) is 9.40. The molecule has 0 atom stereocenters. The van der Waals surface area contributed by atoms with E-state index in [9.17, 15) is 4.39 Å². The summed E-state index contributed by atoms with van der Waals surface area (Å²) in [5.41, 5.74) is 2.15. The highest BCUT2D eigenvalue weighted by molar-refractivity contribution is 7.09. The molecule has 1 saturated heterocycles. The summed E-state index contributed by atoms with van der Waals surface area (Å²) in [5, 5.41) is 10.1. The second-order valence-electron chi connectivity index (χ2n) is 8.46. The third-order valence-corrected chi connectivity index (χ3v) is 5.88. The van der Waals surface area contributed by atoms with Crippen LogP contribution in [0.25, 0.3) is 0 Å². The molecule has 1 aromatic heterocycles. The Morgan fingerprint density at radius 1 is 1.31 bits per heavy atom. The molecular weight excluding hydrogens is 385 g/mol. The van der Waals surface area contributed by atoms with Gasteiger partial charge in [0.25, 0.3) is 0 Å². The topological polar surface area (TPSA) is 52.6 Å². The lowest BCUT2D eigenvalue weighted by molar-refractivity contribution is 0.461. The van der Waals surface area contributed by atoms with E-state index in [2.05, 4.69) is 48.6 Å². The summed E-state index contributed by atoms with van der Waals surface area (Å²) >= 11 is 1.67. The monoisotopic (exact) mass is 417 g/mol. The van der Waals surface area contributed by atoms with Crippen molar-refractivity contribution < 1.29 is 4.39 Å². The second kappa shape index (κ2) is 9.57. The van der Waals surface area contributed by atoms with Crippen molar-refractivity contribution in [3.05, 3.63) is 46.2 Å². The molecule has 1 aliphatic heterocycles. The molecular formula is C22H32FN5S. The number of benzene rings is 1. The van der Waals surface area contributed by atoms with Crippen molar-refractivity contribution in [2.24, 2.45) is 4.99 Å². The van der Waals surface area contributed by atoms with Gasteiger partial charge in [-0.05, 0) is 38.0 Å². The molecule has 0 spiro atoms. The van der Waals surface area contributed by atoms with Gasteiger partial charge in [0.15, 0.2) is 5.96 Å². The van der Waals surface area contributed by atoms with Crippen LogP contribution in [0.15, 0.2) is 34.6 Å². The summed E-state index contributed by atoms with van der Waals surface area (Å²) in [7, 11) is 0. The summed E-state index contributed by atoms with van der Waals surface area (Å²) < 4.78 is 13.5. The van der Waals surface area contributed by atoms with Crippen molar-refractivity contribution in [3.63, 3.8) is 0 Å². The molecule has 0 bridgehead atoms. The van der Waals surface area contributed by atoms with Crippen LogP contribution >= 0.6 is 11.3 Å². The molecule has 0 amide bonds. The molecule has 0 saturated carbocycles. The number of aliphatic imine (C=N–C) groups is 1. The third kappa shape index (κ3) is 6.16. The normalized spacial score (nSPS) is 16.2. The minimum Gasteiger partial charge on any atom is -0.371 e. The maximum atomic E-state index is 13.5. The van der Waals surface area contributed by atoms with Gasteiger partial charge in [-0.25, -0.2) is 14.4 Å². The molecule has 1 aromatic carbocycles. The Kier molecular flexibility index (Phi) is 7.11. The minimum atomic E-state index is -0.180. The van der Waals surface area contributed by atoms with Crippen LogP contribution in [0.2, 0.25) is 0 Å². The van der Waals surface area contributed by atoms with Gasteiger partial charge >= 0.3 is 0 Å². The number of hydrogen-bond acceptors (Lipinski definition) is 4. The average Bonchev–Trinajstić information content (AvgIpc) is 3.16. The van der Waals surface area contributed by atoms with Crippen LogP contribution in [0, 0.1) is 5.82 Å². The van der Waals surface area contributed by atoms with E-state index >= 15 is 0 Å². The summed E-state index contributed by atoms with van der Waals surface area (Å²) in [6.45, 7) is 11.8. The maximum absolute atomic E-state index is 13.5. The van der Waals surface area contributed by atoms with Crippen LogP contribution in [-0.4, -0.2) is 36.6 Å². The molecule has 0 aliphatic carbocycles. The molecule has 158 valence electrons. The van der Waals surface area contributed by atoms with Gasteiger partial charge in [0.2, 0.25) is 0 Å². The molecule has 7 heteroatoms. The van der Waals surface area contributed by atoms with E-state index in [1.54, 1.807) is 23.5 Å². The van der Waals surface area contributed by atoms with Crippen molar-refractivity contribution in [1.29, 1.82) is 0 Å². The third-order valence-electron chi connectivity index (χ3n) is 5.05. The van der Waals surface area contributed by atoms with E-state index in [1.165, 1.54) is 6.07 Å². The van der Waals surface area contributed by atoms with Crippen LogP contribution in [0.4, 0.5) is 10.1 Å². The Balaban J connectivity index is 1.55. The SMILES string of the molecule is CCNC(=NCc1nc(C(C)(C)C)cs1)NC1CCN(c2cccc(F)c2)CC1. The summed E-state index contributed by atoms with van der Waals surface area (Å²) in [6.07, 6.45) is 1.98. The lowest BCUT2D eigenvalue weighted by Crippen LogP contribution is -2.48. The van der Waals surface area contributed by atoms with Crippen molar-refractivity contribution in [1.82, 2.24) is 15.6 Å². The number of anilines is 1. The molecule has 5 nitrogen and oxygen atoms in total. The van der Waals surface area contributed by atoms with Gasteiger partial charge in [-0.3, -0.25) is 0 Å². The fourth-order valence-corrected chi connectivity index (χ4v) is 4.29. The summed E-state index contributed by atoms with van der Waals surface area (Å²) in [6, 6.07) is 7.21. The molecule has 3 rings (SSSR count). The van der Waals surface area contributed by atoms with Crippen molar-refractivity contribution >= 4 is 23.0 Å². The van der Waals surface area contributed by atoms with Crippen molar-refractivity contribution in [3.8, 4) is 0 Å². The molecule has 0 unspecified atom stereocenters. The molecule has 2 N–H and O–H groups in total. The average molecular weight is 418 g/mol. The first kappa shape index (κ1) is 21.6. The van der Waals surface area contributed by atoms with E-state index in [-0.39, 0.29) is 11.2 Å². The molecule has 0 radical (unpaired) electrons. The van der Waals surface area contributed by atoms with Gasteiger partial charge in [0.1, 0.15) is 10.8 Å². The van der Waals surface area contributed by atoms with Crippen LogP contribution in [0.1, 0.15) is 51.2 Å². The summed E-state index contributed by atoms with van der Waals surface area (Å²) in [5.74, 6) is 0.658. The number of nitrogens with zero attached hydrogens (tertiary/aromatic N) is 3. The fourth-order valence-electron chi connectivity index (χ4n) is 3.34. The number of rotatable bonds is 5. The number of hydrogen-bond donors (Lipinski definition) is 2. The number of thiazole rings is 1. The van der Waals surface area contributed by atoms with Crippen molar-refractivity contribution in [2.75, 3.05) is 24.5 Å². The van der Waals surface area contributed by atoms with E-state index in [0.717, 1.165) is 54.8 Å². The Morgan fingerprint density at radius 3 is 2.69 bits per heavy atom. The van der Waals surface area contributed by atoms with E-state index in [4.69, 9.17) is 9.98 Å². The van der Waals surface area contributed by atoms with Gasteiger partial charge < -0.3 is 15.5 Å². The summed E-state index contributed by atoms with van der Waals surface area (Å²) in [4.78, 5) is 11.7. The van der Waals surface area contributed by atoms with E-state index in [0.29, 0.717) is 12.6 Å². The van der Waals surface area contributed by atoms with Crippen LogP contribution in [-0.2, 0) is 12.0 Å². The lowest BCUT2D eigenvalue weighted by atomic mass is 9.93. The smallest absolute Gasteiger partial charge is 0.191 e. The van der Waals surface area contributed by atoms with Crippen LogP contribution in [0.5, 0.6) is 0 Å². The lowest BCUT2D eigenvalue weighted by Gasteiger charge is -2.34. The molecule has 2 heterocycles. The first-order chi connectivity index (χ1) is 13.8. The van der Waals surface area contributed by atoms with Gasteiger partial charge in [-0.1, -0.05) is 26.8 Å². The quantitative estimate of drug-likeness (QED) is 0.562. The zero-order valence-corrected chi connectivity index (χ0v) is 18.7.